The van der Waals surface area contributed by atoms with Gasteiger partial charge in [0.25, 0.3) is 0 Å². The molecule has 1 aliphatic heterocycles. The lowest BCUT2D eigenvalue weighted by atomic mass is 10.1. The molecule has 0 bridgehead atoms. The highest BCUT2D eigenvalue weighted by Gasteiger charge is 2.22. The molecular formula is C23H31N3O3. The summed E-state index contributed by atoms with van der Waals surface area (Å²) in [6.45, 7) is 9.84. The summed E-state index contributed by atoms with van der Waals surface area (Å²) >= 11 is 0. The summed E-state index contributed by atoms with van der Waals surface area (Å²) in [5.74, 6) is 1.13. The lowest BCUT2D eigenvalue weighted by molar-refractivity contribution is -0.130. The molecule has 3 rings (SSSR count). The molecule has 29 heavy (non-hydrogen) atoms. The van der Waals surface area contributed by atoms with Gasteiger partial charge in [-0.1, -0.05) is 12.1 Å². The van der Waals surface area contributed by atoms with Crippen LogP contribution in [0.1, 0.15) is 34.2 Å². The number of aromatic nitrogens is 1. The minimum atomic E-state index is 0.108. The average Bonchev–Trinajstić information content (AvgIpc) is 3.01. The first-order valence-electron chi connectivity index (χ1n) is 10.2. The van der Waals surface area contributed by atoms with Crippen molar-refractivity contribution in [2.75, 3.05) is 39.8 Å². The highest BCUT2D eigenvalue weighted by atomic mass is 16.5. The molecule has 1 aromatic heterocycles. The molecule has 0 saturated carbocycles. The molecular weight excluding hydrogens is 366 g/mol. The molecule has 1 fully saturated rings. The Morgan fingerprint density at radius 1 is 1.03 bits per heavy atom. The fourth-order valence-corrected chi connectivity index (χ4v) is 3.97. The fourth-order valence-electron chi connectivity index (χ4n) is 3.97. The number of nitrogens with zero attached hydrogens (tertiary/aromatic N) is 3. The molecule has 0 radical (unpaired) electrons. The molecule has 156 valence electrons. The Morgan fingerprint density at radius 3 is 2.28 bits per heavy atom. The number of ketones is 1. The van der Waals surface area contributed by atoms with Crippen molar-refractivity contribution < 1.29 is 14.3 Å². The van der Waals surface area contributed by atoms with E-state index in [0.717, 1.165) is 48.8 Å². The van der Waals surface area contributed by atoms with Gasteiger partial charge in [0.15, 0.2) is 5.78 Å². The number of benzene rings is 1. The van der Waals surface area contributed by atoms with Crippen molar-refractivity contribution in [1.82, 2.24) is 14.4 Å². The second-order valence-corrected chi connectivity index (χ2v) is 7.74. The molecule has 2 aromatic rings. The standard InChI is InChI=1S/C23H31N3O3/c1-17-15-22(23(28)16-24-11-13-25(14-12-24)19(3)27)18(2)26(17)10-9-20-5-7-21(29-4)8-6-20/h5-8,15H,9-14,16H2,1-4H3. The van der Waals surface area contributed by atoms with Crippen LogP contribution in [0.4, 0.5) is 0 Å². The molecule has 2 heterocycles. The predicted octanol–water partition coefficient (Wildman–Crippen LogP) is 2.70. The van der Waals surface area contributed by atoms with Crippen LogP contribution in [-0.4, -0.2) is 65.9 Å². The molecule has 6 nitrogen and oxygen atoms in total. The van der Waals surface area contributed by atoms with Gasteiger partial charge in [0, 0.05) is 56.6 Å². The van der Waals surface area contributed by atoms with Gasteiger partial charge >= 0.3 is 0 Å². The summed E-state index contributed by atoms with van der Waals surface area (Å²) in [6, 6.07) is 10.1. The lowest BCUT2D eigenvalue weighted by Crippen LogP contribution is -2.49. The van der Waals surface area contributed by atoms with Crippen LogP contribution < -0.4 is 4.74 Å². The predicted molar refractivity (Wildman–Crippen MR) is 114 cm³/mol. The van der Waals surface area contributed by atoms with Crippen LogP contribution in [0.2, 0.25) is 0 Å². The van der Waals surface area contributed by atoms with Gasteiger partial charge < -0.3 is 14.2 Å². The van der Waals surface area contributed by atoms with Crippen molar-refractivity contribution in [3.63, 3.8) is 0 Å². The maximum atomic E-state index is 12.9. The third-order valence-electron chi connectivity index (χ3n) is 5.84. The summed E-state index contributed by atoms with van der Waals surface area (Å²) < 4.78 is 7.44. The maximum Gasteiger partial charge on any atom is 0.219 e. The highest BCUT2D eigenvalue weighted by Crippen LogP contribution is 2.19. The topological polar surface area (TPSA) is 54.8 Å². The molecule has 1 amide bonds. The number of aryl methyl sites for hydroxylation is 2. The number of hydrogen-bond donors (Lipinski definition) is 0. The zero-order chi connectivity index (χ0) is 21.0. The first-order valence-corrected chi connectivity index (χ1v) is 10.2. The van der Waals surface area contributed by atoms with Crippen LogP contribution in [0.25, 0.3) is 0 Å². The first-order chi connectivity index (χ1) is 13.9. The monoisotopic (exact) mass is 397 g/mol. The van der Waals surface area contributed by atoms with Gasteiger partial charge in [-0.3, -0.25) is 14.5 Å². The molecule has 6 heteroatoms. The van der Waals surface area contributed by atoms with Gasteiger partial charge in [-0.15, -0.1) is 0 Å². The van der Waals surface area contributed by atoms with Crippen LogP contribution in [0.5, 0.6) is 5.75 Å². The van der Waals surface area contributed by atoms with Crippen molar-refractivity contribution in [1.29, 1.82) is 0 Å². The molecule has 0 aliphatic carbocycles. The number of methoxy groups -OCH3 is 1. The van der Waals surface area contributed by atoms with Crippen molar-refractivity contribution in [3.8, 4) is 5.75 Å². The Kier molecular flexibility index (Phi) is 6.75. The normalized spacial score (nSPS) is 14.8. The van der Waals surface area contributed by atoms with E-state index in [4.69, 9.17) is 4.74 Å². The van der Waals surface area contributed by atoms with Gasteiger partial charge in [0.1, 0.15) is 5.75 Å². The molecule has 1 aliphatic rings. The largest absolute Gasteiger partial charge is 0.497 e. The number of piperazine rings is 1. The molecule has 0 unspecified atom stereocenters. The van der Waals surface area contributed by atoms with Crippen LogP contribution >= 0.6 is 0 Å². The average molecular weight is 398 g/mol. The van der Waals surface area contributed by atoms with Gasteiger partial charge in [-0.05, 0) is 44.0 Å². The Balaban J connectivity index is 1.60. The Morgan fingerprint density at radius 2 is 1.69 bits per heavy atom. The van der Waals surface area contributed by atoms with E-state index < -0.39 is 0 Å². The molecule has 0 N–H and O–H groups in total. The van der Waals surface area contributed by atoms with E-state index in [1.807, 2.05) is 30.0 Å². The molecule has 1 aromatic carbocycles. The molecule has 0 spiro atoms. The summed E-state index contributed by atoms with van der Waals surface area (Å²) in [6.07, 6.45) is 0.904. The van der Waals surface area contributed by atoms with Crippen molar-refractivity contribution >= 4 is 11.7 Å². The van der Waals surface area contributed by atoms with Crippen LogP contribution in [0.3, 0.4) is 0 Å². The van der Waals surface area contributed by atoms with E-state index in [9.17, 15) is 9.59 Å². The summed E-state index contributed by atoms with van der Waals surface area (Å²) in [4.78, 5) is 28.4. The minimum Gasteiger partial charge on any atom is -0.497 e. The van der Waals surface area contributed by atoms with Gasteiger partial charge in [0.05, 0.1) is 13.7 Å². The third-order valence-corrected chi connectivity index (χ3v) is 5.84. The molecule has 1 saturated heterocycles. The Hall–Kier alpha value is -2.60. The summed E-state index contributed by atoms with van der Waals surface area (Å²) in [5, 5.41) is 0. The quantitative estimate of drug-likeness (QED) is 0.674. The smallest absolute Gasteiger partial charge is 0.219 e. The van der Waals surface area contributed by atoms with Gasteiger partial charge in [-0.2, -0.15) is 0 Å². The van der Waals surface area contributed by atoms with Gasteiger partial charge in [0.2, 0.25) is 5.91 Å². The number of hydrogen-bond acceptors (Lipinski definition) is 4. The summed E-state index contributed by atoms with van der Waals surface area (Å²) in [5.41, 5.74) is 4.20. The SMILES string of the molecule is COc1ccc(CCn2c(C)cc(C(=O)CN3CCN(C(C)=O)CC3)c2C)cc1. The Bertz CT molecular complexity index is 862. The van der Waals surface area contributed by atoms with Crippen molar-refractivity contribution in [2.45, 2.75) is 33.7 Å². The third kappa shape index (κ3) is 5.07. The van der Waals surface area contributed by atoms with E-state index in [2.05, 4.69) is 28.5 Å². The van der Waals surface area contributed by atoms with E-state index in [1.54, 1.807) is 14.0 Å². The molecule has 0 atom stereocenters. The second kappa shape index (κ2) is 9.27. The second-order valence-electron chi connectivity index (χ2n) is 7.74. The van der Waals surface area contributed by atoms with Crippen molar-refractivity contribution in [2.24, 2.45) is 0 Å². The zero-order valence-corrected chi connectivity index (χ0v) is 17.9. The van der Waals surface area contributed by atoms with Crippen LogP contribution in [0.15, 0.2) is 30.3 Å². The number of carbonyl (C=O) groups is 2. The number of Topliss-reactive ketones (excluding diaryl/α,β-unsaturated/α-hetero) is 1. The van der Waals surface area contributed by atoms with E-state index >= 15 is 0 Å². The van der Waals surface area contributed by atoms with Gasteiger partial charge in [-0.25, -0.2) is 0 Å². The first kappa shape index (κ1) is 21.1. The maximum absolute atomic E-state index is 12.9. The van der Waals surface area contributed by atoms with Crippen molar-refractivity contribution in [3.05, 3.63) is 52.8 Å². The number of ether oxygens (including phenoxy) is 1. The minimum absolute atomic E-state index is 0.108. The Labute approximate surface area is 173 Å². The number of rotatable bonds is 7. The van der Waals surface area contributed by atoms with E-state index in [0.29, 0.717) is 19.6 Å². The fraction of sp³-hybridized carbons (Fsp3) is 0.478. The van der Waals surface area contributed by atoms with Crippen LogP contribution in [0, 0.1) is 13.8 Å². The van der Waals surface area contributed by atoms with Crippen LogP contribution in [-0.2, 0) is 17.8 Å². The number of amides is 1. The lowest BCUT2D eigenvalue weighted by Gasteiger charge is -2.33. The zero-order valence-electron chi connectivity index (χ0n) is 17.9. The number of carbonyl (C=O) groups excluding carboxylic acids is 2. The summed E-state index contributed by atoms with van der Waals surface area (Å²) in [7, 11) is 1.67. The van der Waals surface area contributed by atoms with E-state index in [-0.39, 0.29) is 11.7 Å². The highest BCUT2D eigenvalue weighted by molar-refractivity contribution is 5.99. The van der Waals surface area contributed by atoms with E-state index in [1.165, 1.54) is 5.56 Å².